The van der Waals surface area contributed by atoms with Gasteiger partial charge in [-0.3, -0.25) is 0 Å². The van der Waals surface area contributed by atoms with Crippen molar-refractivity contribution in [2.45, 2.75) is 56.8 Å². The third-order valence-corrected chi connectivity index (χ3v) is 15.9. The van der Waals surface area contributed by atoms with Crippen LogP contribution in [0.5, 0.6) is 0 Å². The zero-order chi connectivity index (χ0) is 45.8. The smallest absolute Gasteiger partial charge is 0.0726 e. The highest BCUT2D eigenvalue weighted by molar-refractivity contribution is 6.01. The van der Waals surface area contributed by atoms with Gasteiger partial charge in [0.2, 0.25) is 0 Å². The summed E-state index contributed by atoms with van der Waals surface area (Å²) in [6, 6.07) is 84.7. The van der Waals surface area contributed by atoms with Crippen molar-refractivity contribution < 1.29 is 0 Å². The molecular formula is C67H53N. The number of benzene rings is 10. The lowest BCUT2D eigenvalue weighted by Gasteiger charge is -2.43. The van der Waals surface area contributed by atoms with Gasteiger partial charge in [0.25, 0.3) is 0 Å². The third-order valence-electron chi connectivity index (χ3n) is 15.9. The van der Waals surface area contributed by atoms with E-state index in [2.05, 4.69) is 257 Å². The number of hydrogen-bond donors (Lipinski definition) is 0. The van der Waals surface area contributed by atoms with E-state index in [1.807, 2.05) is 0 Å². The number of anilines is 3. The van der Waals surface area contributed by atoms with Crippen LogP contribution in [-0.2, 0) is 16.2 Å². The van der Waals surface area contributed by atoms with E-state index in [9.17, 15) is 0 Å². The highest BCUT2D eigenvalue weighted by Gasteiger charge is 2.52. The van der Waals surface area contributed by atoms with Crippen LogP contribution in [-0.4, -0.2) is 0 Å². The summed E-state index contributed by atoms with van der Waals surface area (Å²) in [5.41, 5.74) is 23.9. The molecule has 0 atom stereocenters. The summed E-state index contributed by atoms with van der Waals surface area (Å²) in [5, 5.41) is 2.50. The fraction of sp³-hybridized carbons (Fsp3) is 0.134. The van der Waals surface area contributed by atoms with Crippen molar-refractivity contribution in [2.24, 2.45) is 0 Å². The van der Waals surface area contributed by atoms with E-state index >= 15 is 0 Å². The maximum absolute atomic E-state index is 2.60. The summed E-state index contributed by atoms with van der Waals surface area (Å²) in [6.45, 7) is 9.84. The number of fused-ring (bicyclic) bond motifs is 12. The minimum absolute atomic E-state index is 0.0239. The van der Waals surface area contributed by atoms with Crippen LogP contribution in [0.3, 0.4) is 0 Å². The van der Waals surface area contributed by atoms with E-state index in [1.54, 1.807) is 0 Å². The minimum atomic E-state index is -0.494. The summed E-state index contributed by atoms with van der Waals surface area (Å²) in [4.78, 5) is 2.55. The van der Waals surface area contributed by atoms with Crippen molar-refractivity contribution in [2.75, 3.05) is 4.90 Å². The van der Waals surface area contributed by atoms with Crippen molar-refractivity contribution in [3.8, 4) is 55.6 Å². The van der Waals surface area contributed by atoms with Crippen molar-refractivity contribution in [3.63, 3.8) is 0 Å². The first kappa shape index (κ1) is 40.5. The van der Waals surface area contributed by atoms with Gasteiger partial charge in [0, 0.05) is 16.9 Å². The van der Waals surface area contributed by atoms with Gasteiger partial charge in [-0.15, -0.1) is 0 Å². The van der Waals surface area contributed by atoms with Crippen LogP contribution in [0.1, 0.15) is 73.9 Å². The van der Waals surface area contributed by atoms with Crippen molar-refractivity contribution in [1.82, 2.24) is 0 Å². The van der Waals surface area contributed by atoms with Gasteiger partial charge in [-0.25, -0.2) is 0 Å². The predicted molar refractivity (Wildman–Crippen MR) is 287 cm³/mol. The monoisotopic (exact) mass is 871 g/mol. The molecule has 0 aromatic heterocycles. The first-order valence-electron chi connectivity index (χ1n) is 24.4. The molecule has 0 fully saturated rings. The fourth-order valence-electron chi connectivity index (χ4n) is 12.5. The number of nitrogens with zero attached hydrogens (tertiary/aromatic N) is 1. The van der Waals surface area contributed by atoms with Crippen LogP contribution in [0.4, 0.5) is 17.1 Å². The molecule has 326 valence electrons. The Morgan fingerprint density at radius 1 is 0.309 bits per heavy atom. The van der Waals surface area contributed by atoms with Gasteiger partial charge in [0.1, 0.15) is 0 Å². The third kappa shape index (κ3) is 6.01. The van der Waals surface area contributed by atoms with E-state index in [1.165, 1.54) is 105 Å². The van der Waals surface area contributed by atoms with Crippen molar-refractivity contribution in [3.05, 3.63) is 258 Å². The Labute approximate surface area is 401 Å². The Kier molecular flexibility index (Phi) is 9.02. The lowest BCUT2D eigenvalue weighted by Crippen LogP contribution is -2.34. The van der Waals surface area contributed by atoms with Crippen LogP contribution < -0.4 is 4.90 Å². The second-order valence-electron chi connectivity index (χ2n) is 20.7. The molecule has 0 radical (unpaired) electrons. The van der Waals surface area contributed by atoms with Gasteiger partial charge in [-0.1, -0.05) is 210 Å². The lowest BCUT2D eigenvalue weighted by atomic mass is 9.61. The first-order valence-corrected chi connectivity index (χ1v) is 24.4. The molecule has 0 amide bonds. The average molecular weight is 872 g/mol. The Hall–Kier alpha value is -7.74. The molecule has 3 aliphatic carbocycles. The predicted octanol–water partition coefficient (Wildman–Crippen LogP) is 18.0. The van der Waals surface area contributed by atoms with E-state index in [-0.39, 0.29) is 10.8 Å². The van der Waals surface area contributed by atoms with Gasteiger partial charge >= 0.3 is 0 Å². The highest BCUT2D eigenvalue weighted by Crippen LogP contribution is 2.64. The average Bonchev–Trinajstić information content (AvgIpc) is 3.85. The number of hydrogen-bond acceptors (Lipinski definition) is 1. The van der Waals surface area contributed by atoms with Crippen LogP contribution in [0.2, 0.25) is 0 Å². The van der Waals surface area contributed by atoms with Gasteiger partial charge < -0.3 is 4.90 Å². The van der Waals surface area contributed by atoms with Crippen LogP contribution >= 0.6 is 0 Å². The molecule has 68 heavy (non-hydrogen) atoms. The molecule has 3 aliphatic rings. The molecule has 0 bridgehead atoms. The summed E-state index contributed by atoms with van der Waals surface area (Å²) in [7, 11) is 0. The molecule has 10 aromatic rings. The lowest BCUT2D eigenvalue weighted by molar-refractivity contribution is 0.333. The molecule has 0 N–H and O–H groups in total. The summed E-state index contributed by atoms with van der Waals surface area (Å²) < 4.78 is 0. The number of rotatable bonds is 6. The molecule has 1 heteroatoms. The van der Waals surface area contributed by atoms with E-state index in [0.29, 0.717) is 0 Å². The van der Waals surface area contributed by atoms with Crippen LogP contribution in [0.25, 0.3) is 66.4 Å². The maximum Gasteiger partial charge on any atom is 0.0726 e. The van der Waals surface area contributed by atoms with Gasteiger partial charge in [0.05, 0.1) is 11.1 Å². The zero-order valence-electron chi connectivity index (χ0n) is 39.2. The van der Waals surface area contributed by atoms with Gasteiger partial charge in [-0.2, -0.15) is 0 Å². The summed E-state index contributed by atoms with van der Waals surface area (Å²) in [5.74, 6) is 0. The Balaban J connectivity index is 1.12. The highest BCUT2D eigenvalue weighted by atomic mass is 15.1. The molecule has 1 spiro atoms. The molecule has 0 saturated heterocycles. The van der Waals surface area contributed by atoms with E-state index < -0.39 is 5.41 Å². The normalized spacial score (nSPS) is 15.3. The molecule has 0 saturated carbocycles. The molecule has 0 aliphatic heterocycles. The van der Waals surface area contributed by atoms with E-state index in [4.69, 9.17) is 0 Å². The summed E-state index contributed by atoms with van der Waals surface area (Å²) >= 11 is 0. The Morgan fingerprint density at radius 3 is 1.41 bits per heavy atom. The molecule has 10 aromatic carbocycles. The second kappa shape index (κ2) is 15.1. The Bertz CT molecular complexity index is 3560. The molecular weight excluding hydrogens is 819 g/mol. The van der Waals surface area contributed by atoms with Gasteiger partial charge in [0.15, 0.2) is 0 Å². The molecule has 0 heterocycles. The zero-order valence-corrected chi connectivity index (χ0v) is 39.2. The van der Waals surface area contributed by atoms with Gasteiger partial charge in [-0.05, 0) is 160 Å². The Morgan fingerprint density at radius 2 is 0.779 bits per heavy atom. The van der Waals surface area contributed by atoms with Crippen molar-refractivity contribution in [1.29, 1.82) is 0 Å². The molecule has 0 unspecified atom stereocenters. The van der Waals surface area contributed by atoms with Crippen molar-refractivity contribution >= 4 is 27.8 Å². The maximum atomic E-state index is 2.60. The van der Waals surface area contributed by atoms with Crippen LogP contribution in [0.15, 0.2) is 224 Å². The summed E-state index contributed by atoms with van der Waals surface area (Å²) in [6.07, 6.45) is 2.29. The quantitative estimate of drug-likeness (QED) is 0.161. The largest absolute Gasteiger partial charge is 0.310 e. The second-order valence-corrected chi connectivity index (χ2v) is 20.7. The van der Waals surface area contributed by atoms with Crippen LogP contribution in [0, 0.1) is 0 Å². The standard InChI is InChI=1S/C67H53N/c1-65(2)39-40-66(3,4)64-55(24-16-28-61(64)65)57-42-56-54-23-12-15-27-60(54)67(58-25-13-10-21-52(58)53-22-11-14-26-59(53)67)62(56)43-63(57)68(50-35-31-46(32-36-50)44-17-6-5-7-18-44)51-37-33-47(34-38-51)49-30-29-45-19-8-9-20-48(45)41-49/h5-38,41-43H,39-40H2,1-4H3. The SMILES string of the molecule is CC1(C)CCC(C)(C)c2c(-c3cc4c(cc3N(c3ccc(-c5ccccc5)cc3)c3ccc(-c5ccc6ccccc6c5)cc3)C3(c5ccccc5-c5ccccc53)c3ccccc3-4)cccc21. The molecule has 1 nitrogen and oxygen atoms in total. The first-order chi connectivity index (χ1) is 33.2. The molecule has 13 rings (SSSR count). The fourth-order valence-corrected chi connectivity index (χ4v) is 12.5. The van der Waals surface area contributed by atoms with E-state index in [0.717, 1.165) is 24.2 Å². The minimum Gasteiger partial charge on any atom is -0.310 e. The topological polar surface area (TPSA) is 3.24 Å².